The van der Waals surface area contributed by atoms with Crippen LogP contribution in [0.3, 0.4) is 0 Å². The second-order valence-corrected chi connectivity index (χ2v) is 6.75. The average Bonchev–Trinajstić information content (AvgIpc) is 2.86. The molecule has 2 unspecified atom stereocenters. The number of hydrogen-bond donors (Lipinski definition) is 2. The summed E-state index contributed by atoms with van der Waals surface area (Å²) in [5.41, 5.74) is 4.39. The molecule has 23 heavy (non-hydrogen) atoms. The standard InChI is InChI=1S/C19H27NO3/c1-3-13-8-6-5-7-9-14-15-10-11-23-19(4-2,12-16(21)22)18(15)20-17(13)14/h5,7,13,20H,3-4,6,8-12H2,1-2H3,(H,21,22)/b7-5-. The molecule has 0 spiro atoms. The summed E-state index contributed by atoms with van der Waals surface area (Å²) in [6.45, 7) is 4.87. The van der Waals surface area contributed by atoms with Crippen molar-refractivity contribution in [3.05, 3.63) is 34.7 Å². The van der Waals surface area contributed by atoms with Crippen LogP contribution in [0.15, 0.2) is 12.2 Å². The Morgan fingerprint density at radius 1 is 1.39 bits per heavy atom. The van der Waals surface area contributed by atoms with Crippen LogP contribution in [-0.2, 0) is 28.0 Å². The molecule has 1 aliphatic heterocycles. The van der Waals surface area contributed by atoms with Gasteiger partial charge in [-0.3, -0.25) is 4.79 Å². The van der Waals surface area contributed by atoms with Crippen LogP contribution in [0.25, 0.3) is 0 Å². The Hall–Kier alpha value is -1.55. The Bertz CT molecular complexity index is 616. The summed E-state index contributed by atoms with van der Waals surface area (Å²) in [4.78, 5) is 15.1. The van der Waals surface area contributed by atoms with Crippen LogP contribution in [0.5, 0.6) is 0 Å². The smallest absolute Gasteiger partial charge is 0.306 e. The molecule has 0 aromatic carbocycles. The number of rotatable bonds is 4. The van der Waals surface area contributed by atoms with E-state index in [1.807, 2.05) is 6.92 Å². The normalized spacial score (nSPS) is 28.3. The molecule has 0 fully saturated rings. The van der Waals surface area contributed by atoms with Gasteiger partial charge >= 0.3 is 5.97 Å². The van der Waals surface area contributed by atoms with Gasteiger partial charge in [0.25, 0.3) is 0 Å². The Morgan fingerprint density at radius 2 is 2.22 bits per heavy atom. The minimum atomic E-state index is -0.798. The number of fused-ring (bicyclic) bond motifs is 3. The van der Waals surface area contributed by atoms with E-state index in [4.69, 9.17) is 4.74 Å². The van der Waals surface area contributed by atoms with E-state index in [1.165, 1.54) is 16.8 Å². The molecule has 2 heterocycles. The molecule has 0 saturated heterocycles. The maximum Gasteiger partial charge on any atom is 0.306 e. The molecular weight excluding hydrogens is 290 g/mol. The summed E-state index contributed by atoms with van der Waals surface area (Å²) < 4.78 is 6.03. The number of aromatic amines is 1. The number of carbonyl (C=O) groups is 1. The lowest BCUT2D eigenvalue weighted by Gasteiger charge is -2.35. The molecule has 2 atom stereocenters. The summed E-state index contributed by atoms with van der Waals surface area (Å²) in [7, 11) is 0. The van der Waals surface area contributed by atoms with Crippen molar-refractivity contribution in [2.45, 2.75) is 70.3 Å². The fourth-order valence-corrected chi connectivity index (χ4v) is 4.22. The highest BCUT2D eigenvalue weighted by molar-refractivity contribution is 5.69. The van der Waals surface area contributed by atoms with Crippen LogP contribution in [0.1, 0.15) is 74.4 Å². The zero-order valence-corrected chi connectivity index (χ0v) is 14.2. The predicted octanol–water partition coefficient (Wildman–Crippen LogP) is 4.05. The van der Waals surface area contributed by atoms with Crippen molar-refractivity contribution in [1.29, 1.82) is 0 Å². The van der Waals surface area contributed by atoms with E-state index in [0.717, 1.165) is 37.8 Å². The Kier molecular flexibility index (Phi) is 4.62. The van der Waals surface area contributed by atoms with E-state index >= 15 is 0 Å². The van der Waals surface area contributed by atoms with E-state index in [1.54, 1.807) is 0 Å². The number of nitrogens with one attached hydrogen (secondary N) is 1. The highest BCUT2D eigenvalue weighted by atomic mass is 16.5. The van der Waals surface area contributed by atoms with E-state index in [0.29, 0.717) is 18.9 Å². The minimum absolute atomic E-state index is 0.0303. The quantitative estimate of drug-likeness (QED) is 0.823. The lowest BCUT2D eigenvalue weighted by Crippen LogP contribution is -2.37. The second kappa shape index (κ2) is 6.52. The predicted molar refractivity (Wildman–Crippen MR) is 89.8 cm³/mol. The van der Waals surface area contributed by atoms with Crippen LogP contribution < -0.4 is 0 Å². The van der Waals surface area contributed by atoms with Crippen LogP contribution in [0.2, 0.25) is 0 Å². The molecule has 126 valence electrons. The number of allylic oxidation sites excluding steroid dienone is 2. The Labute approximate surface area is 137 Å². The van der Waals surface area contributed by atoms with Gasteiger partial charge in [-0.1, -0.05) is 26.0 Å². The topological polar surface area (TPSA) is 62.3 Å². The first kappa shape index (κ1) is 16.3. The number of aromatic nitrogens is 1. The van der Waals surface area contributed by atoms with Gasteiger partial charge in [-0.05, 0) is 55.6 Å². The SMILES string of the molecule is CCC1CC/C=C\Cc2c1[nH]c1c2CCOC1(CC)CC(=O)O. The summed E-state index contributed by atoms with van der Waals surface area (Å²) in [5.74, 6) is -0.270. The largest absolute Gasteiger partial charge is 0.481 e. The summed E-state index contributed by atoms with van der Waals surface area (Å²) in [6.07, 6.45) is 10.5. The van der Waals surface area contributed by atoms with Crippen molar-refractivity contribution in [2.75, 3.05) is 6.61 Å². The fraction of sp³-hybridized carbons (Fsp3) is 0.632. The molecule has 1 aromatic rings. The lowest BCUT2D eigenvalue weighted by molar-refractivity contribution is -0.148. The highest BCUT2D eigenvalue weighted by Crippen LogP contribution is 2.43. The molecule has 3 rings (SSSR count). The number of aliphatic carboxylic acids is 1. The maximum atomic E-state index is 11.4. The zero-order chi connectivity index (χ0) is 16.4. The molecule has 4 heteroatoms. The molecule has 0 saturated carbocycles. The van der Waals surface area contributed by atoms with Crippen LogP contribution in [0, 0.1) is 0 Å². The van der Waals surface area contributed by atoms with Crippen molar-refractivity contribution >= 4 is 5.97 Å². The molecule has 0 radical (unpaired) electrons. The van der Waals surface area contributed by atoms with Gasteiger partial charge in [-0.15, -0.1) is 0 Å². The first-order valence-electron chi connectivity index (χ1n) is 8.86. The van der Waals surface area contributed by atoms with Crippen molar-refractivity contribution in [2.24, 2.45) is 0 Å². The van der Waals surface area contributed by atoms with Crippen molar-refractivity contribution < 1.29 is 14.6 Å². The average molecular weight is 317 g/mol. The maximum absolute atomic E-state index is 11.4. The molecule has 1 aliphatic carbocycles. The molecule has 4 nitrogen and oxygen atoms in total. The van der Waals surface area contributed by atoms with E-state index in [2.05, 4.69) is 24.1 Å². The second-order valence-electron chi connectivity index (χ2n) is 6.75. The third-order valence-electron chi connectivity index (χ3n) is 5.52. The van der Waals surface area contributed by atoms with Crippen molar-refractivity contribution in [3.63, 3.8) is 0 Å². The first-order chi connectivity index (χ1) is 11.1. The third kappa shape index (κ3) is 2.85. The molecule has 1 aromatic heterocycles. The van der Waals surface area contributed by atoms with Gasteiger partial charge in [-0.2, -0.15) is 0 Å². The van der Waals surface area contributed by atoms with Crippen LogP contribution in [-0.4, -0.2) is 22.7 Å². The highest BCUT2D eigenvalue weighted by Gasteiger charge is 2.42. The number of ether oxygens (including phenoxy) is 1. The number of carboxylic acid groups (broad SMARTS) is 1. The van der Waals surface area contributed by atoms with Gasteiger partial charge in [0.05, 0.1) is 18.7 Å². The number of H-pyrrole nitrogens is 1. The minimum Gasteiger partial charge on any atom is -0.481 e. The number of carboxylic acids is 1. The molecular formula is C19H27NO3. The molecule has 0 bridgehead atoms. The lowest BCUT2D eigenvalue weighted by atomic mass is 9.84. The van der Waals surface area contributed by atoms with Crippen molar-refractivity contribution in [3.8, 4) is 0 Å². The van der Waals surface area contributed by atoms with Crippen LogP contribution in [0.4, 0.5) is 0 Å². The summed E-state index contributed by atoms with van der Waals surface area (Å²) in [5, 5.41) is 9.37. The van der Waals surface area contributed by atoms with Gasteiger partial charge in [0, 0.05) is 5.69 Å². The van der Waals surface area contributed by atoms with Gasteiger partial charge < -0.3 is 14.8 Å². The van der Waals surface area contributed by atoms with E-state index < -0.39 is 11.6 Å². The number of hydrogen-bond acceptors (Lipinski definition) is 2. The van der Waals surface area contributed by atoms with E-state index in [-0.39, 0.29) is 6.42 Å². The van der Waals surface area contributed by atoms with Crippen molar-refractivity contribution in [1.82, 2.24) is 4.98 Å². The van der Waals surface area contributed by atoms with Crippen LogP contribution >= 0.6 is 0 Å². The third-order valence-corrected chi connectivity index (χ3v) is 5.52. The van der Waals surface area contributed by atoms with Gasteiger partial charge in [0.2, 0.25) is 0 Å². The molecule has 2 N–H and O–H groups in total. The zero-order valence-electron chi connectivity index (χ0n) is 14.2. The van der Waals surface area contributed by atoms with Gasteiger partial charge in [0.1, 0.15) is 5.60 Å². The fourth-order valence-electron chi connectivity index (χ4n) is 4.22. The summed E-state index contributed by atoms with van der Waals surface area (Å²) >= 11 is 0. The summed E-state index contributed by atoms with van der Waals surface area (Å²) in [6, 6.07) is 0. The first-order valence-corrected chi connectivity index (χ1v) is 8.86. The molecule has 0 amide bonds. The van der Waals surface area contributed by atoms with E-state index in [9.17, 15) is 9.90 Å². The monoisotopic (exact) mass is 317 g/mol. The Balaban J connectivity index is 2.12. The van der Waals surface area contributed by atoms with Gasteiger partial charge in [-0.25, -0.2) is 0 Å². The molecule has 2 aliphatic rings. The van der Waals surface area contributed by atoms with Gasteiger partial charge in [0.15, 0.2) is 0 Å². The Morgan fingerprint density at radius 3 is 2.91 bits per heavy atom.